The minimum absolute atomic E-state index is 0.134. The van der Waals surface area contributed by atoms with Gasteiger partial charge in [0, 0.05) is 25.5 Å². The number of aromatic nitrogens is 2. The molecule has 0 amide bonds. The first-order valence-electron chi connectivity index (χ1n) is 7.92. The van der Waals surface area contributed by atoms with Gasteiger partial charge >= 0.3 is 13.5 Å². The zero-order valence-corrected chi connectivity index (χ0v) is 15.3. The van der Waals surface area contributed by atoms with E-state index >= 15 is 0 Å². The molecular weight excluding hydrogens is 353 g/mol. The Balaban J connectivity index is 2.33. The van der Waals surface area contributed by atoms with Crippen LogP contribution in [0.1, 0.15) is 31.6 Å². The number of hydrogen-bond donors (Lipinski definition) is 2. The first kappa shape index (κ1) is 20.0. The first-order valence-corrected chi connectivity index (χ1v) is 9.42. The lowest BCUT2D eigenvalue weighted by atomic mass is 10.2. The van der Waals surface area contributed by atoms with Crippen LogP contribution < -0.4 is 11.4 Å². The van der Waals surface area contributed by atoms with E-state index in [2.05, 4.69) is 9.51 Å². The van der Waals surface area contributed by atoms with Crippen molar-refractivity contribution in [1.82, 2.24) is 9.55 Å². The van der Waals surface area contributed by atoms with Crippen LogP contribution in [0.4, 0.5) is 5.82 Å². The summed E-state index contributed by atoms with van der Waals surface area (Å²) >= 11 is 0. The van der Waals surface area contributed by atoms with Crippen molar-refractivity contribution < 1.29 is 28.0 Å². The highest BCUT2D eigenvalue weighted by atomic mass is 31.2. The topological polar surface area (TPSA) is 135 Å². The van der Waals surface area contributed by atoms with Crippen LogP contribution in [-0.4, -0.2) is 47.0 Å². The van der Waals surface area contributed by atoms with Crippen molar-refractivity contribution in [3.8, 4) is 0 Å². The molecule has 2 unspecified atom stereocenters. The predicted molar refractivity (Wildman–Crippen MR) is 89.0 cm³/mol. The monoisotopic (exact) mass is 377 g/mol. The van der Waals surface area contributed by atoms with E-state index in [1.165, 1.54) is 10.8 Å². The zero-order valence-electron chi connectivity index (χ0n) is 14.5. The van der Waals surface area contributed by atoms with Gasteiger partial charge in [-0.25, -0.2) is 9.36 Å². The van der Waals surface area contributed by atoms with Crippen LogP contribution >= 0.6 is 7.82 Å². The molecule has 0 radical (unpaired) electrons. The van der Waals surface area contributed by atoms with Crippen molar-refractivity contribution in [3.63, 3.8) is 0 Å². The van der Waals surface area contributed by atoms with Crippen molar-refractivity contribution in [2.75, 3.05) is 26.1 Å². The number of hydrogen-bond acceptors (Lipinski definition) is 8. The second-order valence-electron chi connectivity index (χ2n) is 5.70. The number of phosphoric acid groups is 1. The molecule has 1 saturated heterocycles. The Morgan fingerprint density at radius 2 is 2.28 bits per heavy atom. The average molecular weight is 377 g/mol. The van der Waals surface area contributed by atoms with Gasteiger partial charge in [0.25, 0.3) is 0 Å². The van der Waals surface area contributed by atoms with Crippen molar-refractivity contribution in [2.24, 2.45) is 0 Å². The fourth-order valence-corrected chi connectivity index (χ4v) is 2.88. The molecule has 0 aliphatic carbocycles. The molecule has 0 spiro atoms. The van der Waals surface area contributed by atoms with Gasteiger partial charge in [-0.15, -0.1) is 0 Å². The quantitative estimate of drug-likeness (QED) is 0.695. The lowest BCUT2D eigenvalue weighted by molar-refractivity contribution is -0.118. The summed E-state index contributed by atoms with van der Waals surface area (Å²) in [5.74, 6) is 0.134. The van der Waals surface area contributed by atoms with Gasteiger partial charge in [-0.3, -0.25) is 13.6 Å². The number of phosphoric ester groups is 1. The molecule has 2 heterocycles. The van der Waals surface area contributed by atoms with Crippen LogP contribution in [-0.2, 0) is 23.1 Å². The van der Waals surface area contributed by atoms with Gasteiger partial charge in [-0.2, -0.15) is 4.98 Å². The number of nitrogens with zero attached hydrogens (tertiary/aromatic N) is 2. The highest BCUT2D eigenvalue weighted by Gasteiger charge is 2.34. The summed E-state index contributed by atoms with van der Waals surface area (Å²) in [6.07, 6.45) is 1.07. The lowest BCUT2D eigenvalue weighted by Gasteiger charge is -2.28. The summed E-state index contributed by atoms with van der Waals surface area (Å²) in [5.41, 5.74) is 5.67. The summed E-state index contributed by atoms with van der Waals surface area (Å²) in [5, 5.41) is 0. The van der Waals surface area contributed by atoms with Gasteiger partial charge < -0.3 is 20.1 Å². The van der Waals surface area contributed by atoms with Crippen LogP contribution in [0.2, 0.25) is 0 Å². The van der Waals surface area contributed by atoms with Gasteiger partial charge in [0.1, 0.15) is 11.9 Å². The molecule has 4 atom stereocenters. The number of ether oxygens (including phenoxy) is 2. The molecule has 2 rings (SSSR count). The van der Waals surface area contributed by atoms with Gasteiger partial charge in [0.2, 0.25) is 0 Å². The van der Waals surface area contributed by atoms with E-state index in [4.69, 9.17) is 19.7 Å². The fourth-order valence-electron chi connectivity index (χ4n) is 2.44. The molecule has 142 valence electrons. The predicted octanol–water partition coefficient (Wildman–Crippen LogP) is 0.980. The lowest BCUT2D eigenvalue weighted by Crippen LogP contribution is -2.39. The van der Waals surface area contributed by atoms with Gasteiger partial charge in [0.15, 0.2) is 6.23 Å². The molecule has 3 N–H and O–H groups in total. The SMILES string of the molecule is CCC1CCO[C@@H](COP(=O)(O)OC)[C@H](n2cc(C)c(N)nc2=O)O1. The van der Waals surface area contributed by atoms with E-state index in [0.717, 1.165) is 13.5 Å². The Hall–Kier alpha value is -1.29. The molecule has 1 fully saturated rings. The number of anilines is 1. The Bertz CT molecular complexity index is 695. The maximum Gasteiger partial charge on any atom is 0.472 e. The average Bonchev–Trinajstić information content (AvgIpc) is 2.78. The van der Waals surface area contributed by atoms with Gasteiger partial charge in [-0.1, -0.05) is 6.92 Å². The molecule has 1 aliphatic heterocycles. The largest absolute Gasteiger partial charge is 0.472 e. The number of nitrogens with two attached hydrogens (primary N) is 1. The molecule has 11 heteroatoms. The molecule has 0 saturated carbocycles. The molecule has 10 nitrogen and oxygen atoms in total. The number of rotatable bonds is 6. The van der Waals surface area contributed by atoms with Crippen LogP contribution in [0.15, 0.2) is 11.0 Å². The third kappa shape index (κ3) is 5.10. The highest BCUT2D eigenvalue weighted by Crippen LogP contribution is 2.42. The zero-order chi connectivity index (χ0) is 18.6. The molecule has 25 heavy (non-hydrogen) atoms. The van der Waals surface area contributed by atoms with Crippen LogP contribution in [0.5, 0.6) is 0 Å². The summed E-state index contributed by atoms with van der Waals surface area (Å²) < 4.78 is 33.8. The Morgan fingerprint density at radius 3 is 2.92 bits per heavy atom. The van der Waals surface area contributed by atoms with Gasteiger partial charge in [-0.05, 0) is 19.8 Å². The van der Waals surface area contributed by atoms with E-state index in [-0.39, 0.29) is 18.5 Å². The summed E-state index contributed by atoms with van der Waals surface area (Å²) in [6.45, 7) is 3.74. The van der Waals surface area contributed by atoms with Crippen LogP contribution in [0, 0.1) is 6.92 Å². The number of nitrogen functional groups attached to an aromatic ring is 1. The Kier molecular flexibility index (Phi) is 6.72. The summed E-state index contributed by atoms with van der Waals surface area (Å²) in [7, 11) is -3.12. The fraction of sp³-hybridized carbons (Fsp3) is 0.714. The summed E-state index contributed by atoms with van der Waals surface area (Å²) in [6, 6.07) is 0. The molecular formula is C14H24N3O7P. The standard InChI is InChI=1S/C14H24N3O7P/c1-4-10-5-6-22-11(8-23-25(19,20)21-3)13(24-10)17-7-9(2)12(15)16-14(17)18/h7,10-11,13H,4-6,8H2,1-3H3,(H,19,20)(H2,15,16,18)/t10?,11-,13+/m0/s1. The van der Waals surface area contributed by atoms with E-state index in [1.807, 2.05) is 6.92 Å². The summed E-state index contributed by atoms with van der Waals surface area (Å²) in [4.78, 5) is 25.5. The molecule has 0 aromatic carbocycles. The maximum atomic E-state index is 12.3. The van der Waals surface area contributed by atoms with E-state index in [9.17, 15) is 14.3 Å². The van der Waals surface area contributed by atoms with Crippen molar-refractivity contribution in [1.29, 1.82) is 0 Å². The smallest absolute Gasteiger partial charge is 0.383 e. The van der Waals surface area contributed by atoms with Crippen molar-refractivity contribution in [3.05, 3.63) is 22.2 Å². The Morgan fingerprint density at radius 1 is 1.56 bits per heavy atom. The maximum absolute atomic E-state index is 12.3. The molecule has 1 aromatic rings. The highest BCUT2D eigenvalue weighted by molar-refractivity contribution is 7.47. The third-order valence-corrected chi connectivity index (χ3v) is 4.89. The second-order valence-corrected chi connectivity index (χ2v) is 7.26. The normalized spacial score (nSPS) is 26.8. The Labute approximate surface area is 145 Å². The second kappa shape index (κ2) is 8.39. The van der Waals surface area contributed by atoms with Crippen LogP contribution in [0.25, 0.3) is 0 Å². The molecule has 1 aliphatic rings. The third-order valence-electron chi connectivity index (χ3n) is 3.96. The van der Waals surface area contributed by atoms with E-state index in [1.54, 1.807) is 6.92 Å². The van der Waals surface area contributed by atoms with E-state index < -0.39 is 25.8 Å². The minimum Gasteiger partial charge on any atom is -0.383 e. The minimum atomic E-state index is -4.18. The first-order chi connectivity index (χ1) is 11.8. The number of aryl methyl sites for hydroxylation is 1. The van der Waals surface area contributed by atoms with Crippen molar-refractivity contribution >= 4 is 13.6 Å². The molecule has 0 bridgehead atoms. The van der Waals surface area contributed by atoms with E-state index in [0.29, 0.717) is 18.6 Å². The van der Waals surface area contributed by atoms with Crippen molar-refractivity contribution in [2.45, 2.75) is 45.1 Å². The van der Waals surface area contributed by atoms with Crippen LogP contribution in [0.3, 0.4) is 0 Å². The van der Waals surface area contributed by atoms with Gasteiger partial charge in [0.05, 0.1) is 12.7 Å². The molecule has 1 aromatic heterocycles.